The Hall–Kier alpha value is -6.65. The summed E-state index contributed by atoms with van der Waals surface area (Å²) < 4.78 is 146. The van der Waals surface area contributed by atoms with E-state index in [2.05, 4.69) is 0 Å². The second-order valence-electron chi connectivity index (χ2n) is 12.5. The summed E-state index contributed by atoms with van der Waals surface area (Å²) in [5, 5.41) is -0.679. The van der Waals surface area contributed by atoms with Gasteiger partial charge in [0.05, 0.1) is 24.7 Å². The van der Waals surface area contributed by atoms with Gasteiger partial charge in [-0.1, -0.05) is 165 Å². The van der Waals surface area contributed by atoms with Crippen LogP contribution in [0.25, 0.3) is 83.9 Å². The third kappa shape index (κ3) is 4.79. The average molecular weight is 683 g/mol. The molecule has 9 aromatic rings. The Kier molecular flexibility index (Phi) is 4.06. The number of aromatic nitrogens is 4. The van der Waals surface area contributed by atoms with E-state index < -0.39 is 107 Å². The van der Waals surface area contributed by atoms with E-state index in [-0.39, 0.29) is 33.9 Å². The number of rotatable bonds is 5. The van der Waals surface area contributed by atoms with Crippen molar-refractivity contribution in [2.24, 2.45) is 0 Å². The molecule has 1 aliphatic carbocycles. The minimum Gasteiger partial charge on any atom is -0.278 e. The Balaban J connectivity index is 1.36. The van der Waals surface area contributed by atoms with Gasteiger partial charge in [0.1, 0.15) is 0 Å². The van der Waals surface area contributed by atoms with Crippen LogP contribution in [0.1, 0.15) is 46.8 Å². The summed E-state index contributed by atoms with van der Waals surface area (Å²) in [6.07, 6.45) is 0. The summed E-state index contributed by atoms with van der Waals surface area (Å²) in [5.74, 6) is -0.196. The maximum atomic E-state index is 10.1. The van der Waals surface area contributed by atoms with Crippen LogP contribution in [-0.2, 0) is 5.41 Å². The minimum atomic E-state index is -3.65. The van der Waals surface area contributed by atoms with Gasteiger partial charge in [-0.15, -0.1) is 0 Å². The summed E-state index contributed by atoms with van der Waals surface area (Å²) in [5.41, 5.74) is -2.37. The molecule has 0 saturated carbocycles. The number of fused-ring (bicyclic) bond motifs is 6. The number of benzene rings is 7. The lowest BCUT2D eigenvalue weighted by molar-refractivity contribution is 0.661. The van der Waals surface area contributed by atoms with Gasteiger partial charge in [0.2, 0.25) is 5.95 Å². The summed E-state index contributed by atoms with van der Waals surface area (Å²) in [7, 11) is 0. The lowest BCUT2D eigenvalue weighted by Crippen LogP contribution is -2.15. The zero-order valence-corrected chi connectivity index (χ0v) is 27.2. The molecule has 52 heavy (non-hydrogen) atoms. The van der Waals surface area contributed by atoms with E-state index in [1.807, 2.05) is 84.9 Å². The Morgan fingerprint density at radius 3 is 1.63 bits per heavy atom. The van der Waals surface area contributed by atoms with Crippen LogP contribution in [0.3, 0.4) is 0 Å². The topological polar surface area (TPSA) is 43.6 Å². The molecule has 10 rings (SSSR count). The highest BCUT2D eigenvalue weighted by molar-refractivity contribution is 6.11. The summed E-state index contributed by atoms with van der Waals surface area (Å²) >= 11 is 0. The van der Waals surface area contributed by atoms with Crippen molar-refractivity contribution in [2.75, 3.05) is 0 Å². The molecule has 0 unspecified atom stereocenters. The highest BCUT2D eigenvalue weighted by atomic mass is 15.2. The Morgan fingerprint density at radius 1 is 0.481 bits per heavy atom. The molecule has 0 aliphatic heterocycles. The molecule has 0 amide bonds. The first kappa shape index (κ1) is 18.0. The van der Waals surface area contributed by atoms with Crippen molar-refractivity contribution in [2.45, 2.75) is 19.1 Å². The van der Waals surface area contributed by atoms with Crippen molar-refractivity contribution >= 4 is 21.8 Å². The fourth-order valence-corrected chi connectivity index (χ4v) is 6.79. The molecule has 246 valence electrons. The molecule has 0 saturated heterocycles. The van der Waals surface area contributed by atoms with E-state index in [1.165, 1.54) is 0 Å². The van der Waals surface area contributed by atoms with Gasteiger partial charge < -0.3 is 0 Å². The maximum Gasteiger partial charge on any atom is 0.238 e. The number of hydrogen-bond donors (Lipinski definition) is 0. The smallest absolute Gasteiger partial charge is 0.238 e. The van der Waals surface area contributed by atoms with Crippen LogP contribution < -0.4 is 0 Å². The summed E-state index contributed by atoms with van der Waals surface area (Å²) in [4.78, 5) is 14.6. The van der Waals surface area contributed by atoms with E-state index in [1.54, 1.807) is 24.3 Å². The van der Waals surface area contributed by atoms with E-state index in [0.717, 1.165) is 26.8 Å². The van der Waals surface area contributed by atoms with Crippen LogP contribution in [-0.4, -0.2) is 19.5 Å². The lowest BCUT2D eigenvalue weighted by atomic mass is 9.82. The van der Waals surface area contributed by atoms with Crippen LogP contribution >= 0.6 is 0 Å². The van der Waals surface area contributed by atoms with Gasteiger partial charge in [0, 0.05) is 35.5 Å². The van der Waals surface area contributed by atoms with Crippen molar-refractivity contribution < 1.29 is 21.9 Å². The monoisotopic (exact) mass is 682 g/mol. The lowest BCUT2D eigenvalue weighted by Gasteiger charge is -2.21. The highest BCUT2D eigenvalue weighted by Crippen LogP contribution is 2.51. The fraction of sp³-hybridized carbons (Fsp3) is 0.0625. The SMILES string of the molecule is [2H]c1c([2H])c([2H])c2c(c1[2H])-c1c(c([2H])c3c(c1[2H])c1c([2H])c([2H])c([2H])c([2H])c1n3-c1nc(-c3ccc(-c4ccccc4)cc3)nc(-c3ccc(-c4ccccc4)cc3)n1)C2(C([2H])([2H])[2H])C([2H])([2H])[2H]. The molecular weight excluding hydrogens is 633 g/mol. The largest absolute Gasteiger partial charge is 0.278 e. The third-order valence-electron chi connectivity index (χ3n) is 9.36. The zero-order chi connectivity index (χ0) is 48.5. The van der Waals surface area contributed by atoms with Gasteiger partial charge in [0.25, 0.3) is 0 Å². The van der Waals surface area contributed by atoms with Gasteiger partial charge in [-0.05, 0) is 62.6 Å². The van der Waals surface area contributed by atoms with E-state index in [0.29, 0.717) is 11.1 Å². The quantitative estimate of drug-likeness (QED) is 0.181. The molecule has 2 aromatic heterocycles. The second-order valence-corrected chi connectivity index (χ2v) is 12.5. The molecule has 0 bridgehead atoms. The van der Waals surface area contributed by atoms with Crippen molar-refractivity contribution in [1.29, 1.82) is 0 Å². The maximum absolute atomic E-state index is 10.1. The predicted octanol–water partition coefficient (Wildman–Crippen LogP) is 11.9. The fourth-order valence-electron chi connectivity index (χ4n) is 6.79. The third-order valence-corrected chi connectivity index (χ3v) is 9.36. The van der Waals surface area contributed by atoms with Crippen LogP contribution in [0.4, 0.5) is 0 Å². The molecule has 7 aromatic carbocycles. The van der Waals surface area contributed by atoms with E-state index in [4.69, 9.17) is 31.4 Å². The van der Waals surface area contributed by atoms with Crippen molar-refractivity contribution in [3.05, 3.63) is 181 Å². The van der Waals surface area contributed by atoms with Crippen molar-refractivity contribution in [3.8, 4) is 62.1 Å². The molecule has 2 heterocycles. The highest BCUT2D eigenvalue weighted by Gasteiger charge is 2.36. The standard InChI is InChI=1S/C48H34N4/c1-48(2)41-19-11-9-17-37(41)39-29-40-38-18-10-12-20-43(38)52(44(40)30-42(39)48)47-50-45(35-25-21-33(22-26-35)31-13-5-3-6-14-31)49-46(51-47)36-27-23-34(24-28-36)32-15-7-4-8-16-32/h3-30H,1-2H3/i1D3,2D3,9D,10D,11D,12D,17D,18D,19D,20D,29D,30D. The van der Waals surface area contributed by atoms with Crippen LogP contribution in [0, 0.1) is 0 Å². The molecular formula is C48H34N4. The minimum absolute atomic E-state index is 0.0711. The van der Waals surface area contributed by atoms with Crippen LogP contribution in [0.15, 0.2) is 170 Å². The molecule has 1 aliphatic rings. The van der Waals surface area contributed by atoms with Crippen molar-refractivity contribution in [3.63, 3.8) is 0 Å². The first-order valence-corrected chi connectivity index (χ1v) is 16.5. The van der Waals surface area contributed by atoms with E-state index in [9.17, 15) is 5.48 Å². The molecule has 0 radical (unpaired) electrons. The number of nitrogens with zero attached hydrogens (tertiary/aromatic N) is 4. The summed E-state index contributed by atoms with van der Waals surface area (Å²) in [6, 6.07) is 25.9. The molecule has 0 spiro atoms. The van der Waals surface area contributed by atoms with Crippen LogP contribution in [0.2, 0.25) is 0 Å². The molecule has 0 atom stereocenters. The van der Waals surface area contributed by atoms with E-state index >= 15 is 0 Å². The molecule has 4 nitrogen and oxygen atoms in total. The Bertz CT molecular complexity index is 3460. The Labute approximate surface area is 325 Å². The predicted molar refractivity (Wildman–Crippen MR) is 213 cm³/mol. The molecule has 0 N–H and O–H groups in total. The van der Waals surface area contributed by atoms with Crippen molar-refractivity contribution in [1.82, 2.24) is 19.5 Å². The Morgan fingerprint density at radius 2 is 1.02 bits per heavy atom. The van der Waals surface area contributed by atoms with Gasteiger partial charge in [0.15, 0.2) is 11.6 Å². The first-order chi connectivity index (χ1) is 32.2. The number of hydrogen-bond acceptors (Lipinski definition) is 3. The molecule has 4 heteroatoms. The van der Waals surface area contributed by atoms with Crippen LogP contribution in [0.5, 0.6) is 0 Å². The summed E-state index contributed by atoms with van der Waals surface area (Å²) in [6.45, 7) is -7.31. The van der Waals surface area contributed by atoms with Gasteiger partial charge >= 0.3 is 0 Å². The van der Waals surface area contributed by atoms with Gasteiger partial charge in [-0.3, -0.25) is 4.57 Å². The van der Waals surface area contributed by atoms with Gasteiger partial charge in [-0.2, -0.15) is 9.97 Å². The average Bonchev–Trinajstić information content (AvgIpc) is 3.88. The molecule has 0 fully saturated rings. The first-order valence-electron chi connectivity index (χ1n) is 24.5. The zero-order valence-electron chi connectivity index (χ0n) is 43.2. The second kappa shape index (κ2) is 11.7. The van der Waals surface area contributed by atoms with Gasteiger partial charge in [-0.25, -0.2) is 4.98 Å². The number of para-hydroxylation sites is 1. The normalized spacial score (nSPS) is 17.8.